The van der Waals surface area contributed by atoms with Crippen LogP contribution in [0, 0.1) is 11.7 Å². The molecular weight excluding hydrogens is 295 g/mol. The topological polar surface area (TPSA) is 35.5 Å². The summed E-state index contributed by atoms with van der Waals surface area (Å²) in [5, 5.41) is 0. The number of carbonyl (C=O) groups excluding carboxylic acids is 1. The number of hydrogen-bond donors (Lipinski definition) is 0. The Hall–Kier alpha value is -2.04. The summed E-state index contributed by atoms with van der Waals surface area (Å²) < 4.78 is 25.3. The number of ether oxygens (including phenoxy) is 2. The Bertz CT molecular complexity index is 644. The van der Waals surface area contributed by atoms with Crippen LogP contribution >= 0.6 is 0 Å². The predicted octanol–water partition coefficient (Wildman–Crippen LogP) is 3.69. The van der Waals surface area contributed by atoms with Crippen LogP contribution in [0.5, 0.6) is 0 Å². The van der Waals surface area contributed by atoms with E-state index in [1.807, 2.05) is 30.3 Å². The Kier molecular flexibility index (Phi) is 5.16. The molecule has 4 heteroatoms. The third-order valence-electron chi connectivity index (χ3n) is 4.11. The number of rotatable bonds is 5. The molecule has 0 bridgehead atoms. The SMILES string of the molecule is O=CC1CCOC(c2cccc(F)c2)C1OCc1ccccc1. The van der Waals surface area contributed by atoms with Crippen LogP contribution in [0.4, 0.5) is 4.39 Å². The van der Waals surface area contributed by atoms with E-state index in [-0.39, 0.29) is 11.7 Å². The average Bonchev–Trinajstić information content (AvgIpc) is 2.60. The van der Waals surface area contributed by atoms with Crippen LogP contribution in [0.2, 0.25) is 0 Å². The van der Waals surface area contributed by atoms with Gasteiger partial charge in [0.1, 0.15) is 18.2 Å². The highest BCUT2D eigenvalue weighted by Crippen LogP contribution is 2.34. The van der Waals surface area contributed by atoms with Gasteiger partial charge in [0.05, 0.1) is 12.7 Å². The van der Waals surface area contributed by atoms with Crippen LogP contribution in [0.1, 0.15) is 23.7 Å². The summed E-state index contributed by atoms with van der Waals surface area (Å²) >= 11 is 0. The van der Waals surface area contributed by atoms with E-state index in [0.717, 1.165) is 11.8 Å². The normalized spacial score (nSPS) is 24.3. The van der Waals surface area contributed by atoms with Gasteiger partial charge in [-0.1, -0.05) is 42.5 Å². The molecule has 3 nitrogen and oxygen atoms in total. The van der Waals surface area contributed by atoms with Gasteiger partial charge in [-0.3, -0.25) is 0 Å². The number of halogens is 1. The van der Waals surface area contributed by atoms with E-state index >= 15 is 0 Å². The number of carbonyl (C=O) groups is 1. The number of aldehydes is 1. The Labute approximate surface area is 135 Å². The zero-order valence-electron chi connectivity index (χ0n) is 12.7. The van der Waals surface area contributed by atoms with Crippen molar-refractivity contribution < 1.29 is 18.7 Å². The van der Waals surface area contributed by atoms with E-state index in [2.05, 4.69) is 0 Å². The molecule has 2 aromatic rings. The Morgan fingerprint density at radius 3 is 2.74 bits per heavy atom. The highest BCUT2D eigenvalue weighted by molar-refractivity contribution is 5.55. The lowest BCUT2D eigenvalue weighted by Gasteiger charge is -2.36. The zero-order chi connectivity index (χ0) is 16.1. The van der Waals surface area contributed by atoms with Crippen molar-refractivity contribution >= 4 is 6.29 Å². The lowest BCUT2D eigenvalue weighted by Crippen LogP contribution is -2.38. The molecule has 3 rings (SSSR count). The fourth-order valence-electron chi connectivity index (χ4n) is 2.91. The van der Waals surface area contributed by atoms with Gasteiger partial charge in [0.25, 0.3) is 0 Å². The minimum Gasteiger partial charge on any atom is -0.371 e. The first-order valence-corrected chi connectivity index (χ1v) is 7.76. The van der Waals surface area contributed by atoms with Gasteiger partial charge in [-0.2, -0.15) is 0 Å². The van der Waals surface area contributed by atoms with Gasteiger partial charge in [0.15, 0.2) is 0 Å². The van der Waals surface area contributed by atoms with E-state index in [1.54, 1.807) is 12.1 Å². The van der Waals surface area contributed by atoms with Crippen LogP contribution in [-0.2, 0) is 20.9 Å². The van der Waals surface area contributed by atoms with Gasteiger partial charge >= 0.3 is 0 Å². The third-order valence-corrected chi connectivity index (χ3v) is 4.11. The van der Waals surface area contributed by atoms with Gasteiger partial charge in [-0.25, -0.2) is 4.39 Å². The van der Waals surface area contributed by atoms with E-state index < -0.39 is 12.2 Å². The minimum absolute atomic E-state index is 0.249. The lowest BCUT2D eigenvalue weighted by molar-refractivity contribution is -0.151. The van der Waals surface area contributed by atoms with Gasteiger partial charge in [0.2, 0.25) is 0 Å². The van der Waals surface area contributed by atoms with Gasteiger partial charge in [0, 0.05) is 12.5 Å². The molecule has 0 aliphatic carbocycles. The van der Waals surface area contributed by atoms with E-state index in [1.165, 1.54) is 12.1 Å². The lowest BCUT2D eigenvalue weighted by atomic mass is 9.89. The molecule has 0 spiro atoms. The molecule has 23 heavy (non-hydrogen) atoms. The van der Waals surface area contributed by atoms with Gasteiger partial charge in [-0.15, -0.1) is 0 Å². The molecule has 1 saturated heterocycles. The molecule has 0 aromatic heterocycles. The number of hydrogen-bond acceptors (Lipinski definition) is 3. The van der Waals surface area contributed by atoms with Crippen molar-refractivity contribution in [2.75, 3.05) is 6.61 Å². The second kappa shape index (κ2) is 7.49. The van der Waals surface area contributed by atoms with Crippen LogP contribution in [-0.4, -0.2) is 19.0 Å². The van der Waals surface area contributed by atoms with Crippen molar-refractivity contribution in [1.82, 2.24) is 0 Å². The van der Waals surface area contributed by atoms with Crippen LogP contribution < -0.4 is 0 Å². The molecule has 0 N–H and O–H groups in total. The van der Waals surface area contributed by atoms with E-state index in [4.69, 9.17) is 9.47 Å². The highest BCUT2D eigenvalue weighted by atomic mass is 19.1. The molecule has 1 fully saturated rings. The number of benzene rings is 2. The molecule has 120 valence electrons. The summed E-state index contributed by atoms with van der Waals surface area (Å²) in [6.45, 7) is 0.862. The quantitative estimate of drug-likeness (QED) is 0.790. The summed E-state index contributed by atoms with van der Waals surface area (Å²) in [7, 11) is 0. The first kappa shape index (κ1) is 15.8. The Morgan fingerprint density at radius 2 is 2.00 bits per heavy atom. The molecule has 1 aliphatic rings. The van der Waals surface area contributed by atoms with E-state index in [9.17, 15) is 9.18 Å². The first-order chi connectivity index (χ1) is 11.3. The second-order valence-corrected chi connectivity index (χ2v) is 5.70. The third kappa shape index (κ3) is 3.84. The maximum atomic E-state index is 13.5. The predicted molar refractivity (Wildman–Crippen MR) is 84.3 cm³/mol. The monoisotopic (exact) mass is 314 g/mol. The molecule has 1 aliphatic heterocycles. The smallest absolute Gasteiger partial charge is 0.125 e. The summed E-state index contributed by atoms with van der Waals surface area (Å²) in [6, 6.07) is 16.0. The minimum atomic E-state index is -0.432. The molecule has 3 unspecified atom stereocenters. The zero-order valence-corrected chi connectivity index (χ0v) is 12.7. The largest absolute Gasteiger partial charge is 0.371 e. The fraction of sp³-hybridized carbons (Fsp3) is 0.316. The van der Waals surface area contributed by atoms with Crippen molar-refractivity contribution in [2.24, 2.45) is 5.92 Å². The van der Waals surface area contributed by atoms with Gasteiger partial charge in [-0.05, 0) is 29.7 Å². The van der Waals surface area contributed by atoms with Crippen LogP contribution in [0.25, 0.3) is 0 Å². The second-order valence-electron chi connectivity index (χ2n) is 5.70. The molecule has 0 amide bonds. The van der Waals surface area contributed by atoms with Gasteiger partial charge < -0.3 is 14.3 Å². The summed E-state index contributed by atoms with van der Waals surface area (Å²) in [5.41, 5.74) is 1.73. The Balaban J connectivity index is 1.79. The van der Waals surface area contributed by atoms with Crippen molar-refractivity contribution in [3.05, 3.63) is 71.5 Å². The maximum Gasteiger partial charge on any atom is 0.125 e. The fourth-order valence-corrected chi connectivity index (χ4v) is 2.91. The average molecular weight is 314 g/mol. The van der Waals surface area contributed by atoms with Crippen molar-refractivity contribution in [3.63, 3.8) is 0 Å². The first-order valence-electron chi connectivity index (χ1n) is 7.76. The summed E-state index contributed by atoms with van der Waals surface area (Å²) in [5.74, 6) is -0.568. The van der Waals surface area contributed by atoms with Crippen LogP contribution in [0.3, 0.4) is 0 Å². The molecule has 2 aromatic carbocycles. The van der Waals surface area contributed by atoms with Crippen LogP contribution in [0.15, 0.2) is 54.6 Å². The standard InChI is InChI=1S/C19H19FO3/c20-17-8-4-7-15(11-17)18-19(16(12-21)9-10-22-18)23-13-14-5-2-1-3-6-14/h1-8,11-12,16,18-19H,9-10,13H2. The molecule has 3 atom stereocenters. The molecule has 1 heterocycles. The van der Waals surface area contributed by atoms with Crippen molar-refractivity contribution in [1.29, 1.82) is 0 Å². The maximum absolute atomic E-state index is 13.5. The summed E-state index contributed by atoms with van der Waals surface area (Å²) in [4.78, 5) is 11.4. The van der Waals surface area contributed by atoms with Crippen molar-refractivity contribution in [2.45, 2.75) is 25.2 Å². The Morgan fingerprint density at radius 1 is 1.17 bits per heavy atom. The van der Waals surface area contributed by atoms with E-state index in [0.29, 0.717) is 25.2 Å². The molecular formula is C19H19FO3. The van der Waals surface area contributed by atoms with Crippen molar-refractivity contribution in [3.8, 4) is 0 Å². The molecule has 0 radical (unpaired) electrons. The highest BCUT2D eigenvalue weighted by Gasteiger charge is 2.36. The molecule has 0 saturated carbocycles. The summed E-state index contributed by atoms with van der Waals surface area (Å²) in [6.07, 6.45) is 0.695.